The van der Waals surface area contributed by atoms with Crippen molar-refractivity contribution in [2.45, 2.75) is 26.8 Å². The van der Waals surface area contributed by atoms with Crippen molar-refractivity contribution in [3.05, 3.63) is 22.1 Å². The SMILES string of the molecule is CCNc1cc(NCc2ncc(CC)s2)nc(N)n1. The fraction of sp³-hybridized carbons (Fsp3) is 0.417. The molecule has 0 aliphatic rings. The van der Waals surface area contributed by atoms with Crippen molar-refractivity contribution in [3.63, 3.8) is 0 Å². The Balaban J connectivity index is 2.02. The third kappa shape index (κ3) is 3.78. The number of hydrogen-bond donors (Lipinski definition) is 3. The number of anilines is 3. The lowest BCUT2D eigenvalue weighted by Gasteiger charge is -2.07. The fourth-order valence-electron chi connectivity index (χ4n) is 1.59. The first-order chi connectivity index (χ1) is 9.21. The highest BCUT2D eigenvalue weighted by atomic mass is 32.1. The molecule has 2 heterocycles. The lowest BCUT2D eigenvalue weighted by Crippen LogP contribution is -2.07. The van der Waals surface area contributed by atoms with E-state index in [1.807, 2.05) is 19.2 Å². The van der Waals surface area contributed by atoms with E-state index in [2.05, 4.69) is 32.5 Å². The molecule has 0 fully saturated rings. The van der Waals surface area contributed by atoms with Crippen molar-refractivity contribution in [2.75, 3.05) is 22.9 Å². The Hall–Kier alpha value is -1.89. The Bertz CT molecular complexity index is 539. The Morgan fingerprint density at radius 1 is 1.21 bits per heavy atom. The summed E-state index contributed by atoms with van der Waals surface area (Å²) >= 11 is 1.71. The highest BCUT2D eigenvalue weighted by Crippen LogP contribution is 2.16. The summed E-state index contributed by atoms with van der Waals surface area (Å²) in [6.07, 6.45) is 2.93. The monoisotopic (exact) mass is 278 g/mol. The van der Waals surface area contributed by atoms with Crippen LogP contribution >= 0.6 is 11.3 Å². The zero-order chi connectivity index (χ0) is 13.7. The molecule has 4 N–H and O–H groups in total. The summed E-state index contributed by atoms with van der Waals surface area (Å²) < 4.78 is 0. The summed E-state index contributed by atoms with van der Waals surface area (Å²) in [6, 6.07) is 1.84. The first-order valence-electron chi connectivity index (χ1n) is 6.27. The van der Waals surface area contributed by atoms with Gasteiger partial charge in [-0.1, -0.05) is 6.92 Å². The molecule has 0 aromatic carbocycles. The molecule has 0 bridgehead atoms. The van der Waals surface area contributed by atoms with Gasteiger partial charge in [-0.05, 0) is 13.3 Å². The first-order valence-corrected chi connectivity index (χ1v) is 7.08. The van der Waals surface area contributed by atoms with Crippen molar-refractivity contribution in [3.8, 4) is 0 Å². The van der Waals surface area contributed by atoms with Gasteiger partial charge < -0.3 is 16.4 Å². The molecule has 0 spiro atoms. The maximum absolute atomic E-state index is 5.67. The highest BCUT2D eigenvalue weighted by molar-refractivity contribution is 7.11. The van der Waals surface area contributed by atoms with Gasteiger partial charge in [0, 0.05) is 23.7 Å². The number of aromatic nitrogens is 3. The van der Waals surface area contributed by atoms with E-state index in [0.29, 0.717) is 12.4 Å². The van der Waals surface area contributed by atoms with Crippen LogP contribution in [0.2, 0.25) is 0 Å². The van der Waals surface area contributed by atoms with E-state index in [4.69, 9.17) is 5.73 Å². The number of nitrogens with two attached hydrogens (primary N) is 1. The van der Waals surface area contributed by atoms with Crippen LogP contribution in [0, 0.1) is 0 Å². The standard InChI is InChI=1S/C12H18N6S/c1-3-8-6-16-11(19-8)7-15-10-5-9(14-4-2)17-12(13)18-10/h5-6H,3-4,7H2,1-2H3,(H4,13,14,15,17,18). The number of rotatable bonds is 6. The van der Waals surface area contributed by atoms with Crippen LogP contribution in [-0.4, -0.2) is 21.5 Å². The summed E-state index contributed by atoms with van der Waals surface area (Å²) in [5, 5.41) is 7.37. The molecule has 0 aliphatic carbocycles. The maximum Gasteiger partial charge on any atom is 0.223 e. The molecule has 2 aromatic rings. The minimum absolute atomic E-state index is 0.259. The topological polar surface area (TPSA) is 88.8 Å². The normalized spacial score (nSPS) is 10.4. The van der Waals surface area contributed by atoms with Gasteiger partial charge in [0.05, 0.1) is 6.54 Å². The Labute approximate surface area is 116 Å². The van der Waals surface area contributed by atoms with Crippen molar-refractivity contribution < 1.29 is 0 Å². The number of aryl methyl sites for hydroxylation is 1. The lowest BCUT2D eigenvalue weighted by atomic mass is 10.4. The minimum atomic E-state index is 0.259. The summed E-state index contributed by atoms with van der Waals surface area (Å²) in [4.78, 5) is 13.9. The molecular weight excluding hydrogens is 260 g/mol. The van der Waals surface area contributed by atoms with Crippen LogP contribution in [0.3, 0.4) is 0 Å². The van der Waals surface area contributed by atoms with Crippen LogP contribution in [0.15, 0.2) is 12.3 Å². The second kappa shape index (κ2) is 6.33. The predicted octanol–water partition coefficient (Wildman–Crippen LogP) is 2.12. The zero-order valence-electron chi connectivity index (χ0n) is 11.1. The van der Waals surface area contributed by atoms with Crippen LogP contribution in [0.25, 0.3) is 0 Å². The zero-order valence-corrected chi connectivity index (χ0v) is 11.9. The van der Waals surface area contributed by atoms with Gasteiger partial charge in [0.15, 0.2) is 0 Å². The van der Waals surface area contributed by atoms with E-state index < -0.39 is 0 Å². The molecule has 0 saturated heterocycles. The van der Waals surface area contributed by atoms with Crippen LogP contribution in [0.5, 0.6) is 0 Å². The van der Waals surface area contributed by atoms with E-state index in [-0.39, 0.29) is 5.95 Å². The van der Waals surface area contributed by atoms with Crippen LogP contribution < -0.4 is 16.4 Å². The van der Waals surface area contributed by atoms with Gasteiger partial charge in [-0.15, -0.1) is 11.3 Å². The third-order valence-corrected chi connectivity index (χ3v) is 3.61. The number of hydrogen-bond acceptors (Lipinski definition) is 7. The smallest absolute Gasteiger partial charge is 0.223 e. The second-order valence-electron chi connectivity index (χ2n) is 3.95. The predicted molar refractivity (Wildman–Crippen MR) is 79.4 cm³/mol. The van der Waals surface area contributed by atoms with E-state index in [1.54, 1.807) is 11.3 Å². The van der Waals surface area contributed by atoms with Crippen molar-refractivity contribution >= 4 is 28.9 Å². The molecule has 6 nitrogen and oxygen atoms in total. The molecule has 2 aromatic heterocycles. The molecule has 0 amide bonds. The average molecular weight is 278 g/mol. The molecule has 0 atom stereocenters. The third-order valence-electron chi connectivity index (χ3n) is 2.47. The molecule has 19 heavy (non-hydrogen) atoms. The Kier molecular flexibility index (Phi) is 4.51. The van der Waals surface area contributed by atoms with Gasteiger partial charge in [0.1, 0.15) is 16.6 Å². The summed E-state index contributed by atoms with van der Waals surface area (Å²) in [5.74, 6) is 1.69. The molecule has 102 valence electrons. The average Bonchev–Trinajstić information content (AvgIpc) is 2.84. The minimum Gasteiger partial charge on any atom is -0.370 e. The van der Waals surface area contributed by atoms with E-state index in [9.17, 15) is 0 Å². The largest absolute Gasteiger partial charge is 0.370 e. The Morgan fingerprint density at radius 2 is 1.95 bits per heavy atom. The van der Waals surface area contributed by atoms with Crippen LogP contribution in [-0.2, 0) is 13.0 Å². The quantitative estimate of drug-likeness (QED) is 0.750. The number of nitrogen functional groups attached to an aromatic ring is 1. The van der Waals surface area contributed by atoms with E-state index >= 15 is 0 Å². The van der Waals surface area contributed by atoms with Gasteiger partial charge in [0.25, 0.3) is 0 Å². The van der Waals surface area contributed by atoms with Gasteiger partial charge >= 0.3 is 0 Å². The molecule has 2 rings (SSSR count). The van der Waals surface area contributed by atoms with Crippen molar-refractivity contribution in [2.24, 2.45) is 0 Å². The Morgan fingerprint density at radius 3 is 2.58 bits per heavy atom. The first kappa shape index (κ1) is 13.5. The summed E-state index contributed by atoms with van der Waals surface area (Å²) in [6.45, 7) is 5.57. The van der Waals surface area contributed by atoms with Crippen LogP contribution in [0.1, 0.15) is 23.7 Å². The van der Waals surface area contributed by atoms with Gasteiger partial charge in [-0.3, -0.25) is 0 Å². The molecule has 7 heteroatoms. The number of thiazole rings is 1. The molecular formula is C12H18N6S. The van der Waals surface area contributed by atoms with Crippen molar-refractivity contribution in [1.29, 1.82) is 0 Å². The fourth-order valence-corrected chi connectivity index (χ4v) is 2.39. The van der Waals surface area contributed by atoms with Gasteiger partial charge in [-0.2, -0.15) is 9.97 Å². The maximum atomic E-state index is 5.67. The van der Waals surface area contributed by atoms with E-state index in [0.717, 1.165) is 23.8 Å². The van der Waals surface area contributed by atoms with Crippen LogP contribution in [0.4, 0.5) is 17.6 Å². The lowest BCUT2D eigenvalue weighted by molar-refractivity contribution is 1.05. The number of nitrogens with zero attached hydrogens (tertiary/aromatic N) is 3. The van der Waals surface area contributed by atoms with Gasteiger partial charge in [0.2, 0.25) is 5.95 Å². The summed E-state index contributed by atoms with van der Waals surface area (Å²) in [5.41, 5.74) is 5.67. The number of nitrogens with one attached hydrogen (secondary N) is 2. The molecule has 0 radical (unpaired) electrons. The summed E-state index contributed by atoms with van der Waals surface area (Å²) in [7, 11) is 0. The molecule has 0 saturated carbocycles. The molecule has 0 unspecified atom stereocenters. The van der Waals surface area contributed by atoms with E-state index in [1.165, 1.54) is 4.88 Å². The highest BCUT2D eigenvalue weighted by Gasteiger charge is 2.04. The second-order valence-corrected chi connectivity index (χ2v) is 5.15. The van der Waals surface area contributed by atoms with Gasteiger partial charge in [-0.25, -0.2) is 4.98 Å². The molecule has 0 aliphatic heterocycles. The van der Waals surface area contributed by atoms with Crippen molar-refractivity contribution in [1.82, 2.24) is 15.0 Å².